The zero-order valence-corrected chi connectivity index (χ0v) is 17.0. The Balaban J connectivity index is 1.72. The lowest BCUT2D eigenvalue weighted by Gasteiger charge is -2.29. The maximum Gasteiger partial charge on any atom is 0.573 e. The fourth-order valence-electron chi connectivity index (χ4n) is 3.12. The van der Waals surface area contributed by atoms with Gasteiger partial charge in [-0.2, -0.15) is 4.31 Å². The van der Waals surface area contributed by atoms with Gasteiger partial charge in [0.15, 0.2) is 0 Å². The molecule has 1 aliphatic heterocycles. The second-order valence-electron chi connectivity index (χ2n) is 7.14. The molecule has 1 heterocycles. The second kappa shape index (κ2) is 8.65. The molecule has 0 unspecified atom stereocenters. The summed E-state index contributed by atoms with van der Waals surface area (Å²) in [6, 6.07) is 10.3. The highest BCUT2D eigenvalue weighted by Crippen LogP contribution is 2.26. The van der Waals surface area contributed by atoms with E-state index in [1.807, 2.05) is 0 Å². The van der Waals surface area contributed by atoms with Crippen LogP contribution in [-0.4, -0.2) is 38.1 Å². The van der Waals surface area contributed by atoms with Crippen molar-refractivity contribution in [1.29, 1.82) is 0 Å². The number of halogens is 3. The van der Waals surface area contributed by atoms with Crippen LogP contribution < -0.4 is 10.1 Å². The Hall–Kier alpha value is -2.59. The van der Waals surface area contributed by atoms with E-state index < -0.39 is 28.0 Å². The summed E-state index contributed by atoms with van der Waals surface area (Å²) >= 11 is 0. The van der Waals surface area contributed by atoms with Crippen molar-refractivity contribution in [3.8, 4) is 5.75 Å². The molecule has 0 radical (unpaired) electrons. The van der Waals surface area contributed by atoms with Crippen LogP contribution in [-0.2, 0) is 10.0 Å². The quantitative estimate of drug-likeness (QED) is 0.751. The zero-order chi connectivity index (χ0) is 21.9. The highest BCUT2D eigenvalue weighted by Gasteiger charge is 2.31. The Morgan fingerprint density at radius 2 is 1.73 bits per heavy atom. The molecular formula is C20H21F3N2O4S. The molecule has 2 aromatic rings. The van der Waals surface area contributed by atoms with Crippen molar-refractivity contribution in [3.63, 3.8) is 0 Å². The normalized spacial score (nSPS) is 16.3. The molecule has 0 saturated carbocycles. The van der Waals surface area contributed by atoms with Crippen molar-refractivity contribution in [1.82, 2.24) is 4.31 Å². The van der Waals surface area contributed by atoms with E-state index in [1.165, 1.54) is 40.7 Å². The van der Waals surface area contributed by atoms with Gasteiger partial charge in [0.05, 0.1) is 4.90 Å². The number of sulfonamides is 1. The van der Waals surface area contributed by atoms with Crippen LogP contribution in [0.4, 0.5) is 18.9 Å². The van der Waals surface area contributed by atoms with E-state index in [1.54, 1.807) is 0 Å². The van der Waals surface area contributed by atoms with Gasteiger partial charge in [-0.05, 0) is 61.2 Å². The molecule has 0 aromatic heterocycles. The van der Waals surface area contributed by atoms with E-state index in [0.717, 1.165) is 25.0 Å². The third-order valence-corrected chi connectivity index (χ3v) is 6.72. The first kappa shape index (κ1) is 22.1. The molecule has 162 valence electrons. The van der Waals surface area contributed by atoms with Gasteiger partial charge in [-0.3, -0.25) is 4.79 Å². The van der Waals surface area contributed by atoms with Gasteiger partial charge < -0.3 is 10.1 Å². The summed E-state index contributed by atoms with van der Waals surface area (Å²) in [5.74, 6) is -0.519. The predicted octanol–water partition coefficient (Wildman–Crippen LogP) is 4.26. The van der Waals surface area contributed by atoms with Crippen LogP contribution in [0.25, 0.3) is 0 Å². The first-order valence-corrected chi connectivity index (χ1v) is 10.8. The van der Waals surface area contributed by atoms with E-state index in [2.05, 4.69) is 17.0 Å². The molecule has 30 heavy (non-hydrogen) atoms. The molecule has 1 fully saturated rings. The van der Waals surface area contributed by atoms with Gasteiger partial charge >= 0.3 is 6.36 Å². The van der Waals surface area contributed by atoms with Crippen LogP contribution in [0.15, 0.2) is 53.4 Å². The first-order chi connectivity index (χ1) is 14.0. The van der Waals surface area contributed by atoms with Crippen molar-refractivity contribution < 1.29 is 31.1 Å². The summed E-state index contributed by atoms with van der Waals surface area (Å²) in [6.45, 7) is 2.95. The average Bonchev–Trinajstić information content (AvgIpc) is 2.69. The van der Waals surface area contributed by atoms with Gasteiger partial charge in [-0.25, -0.2) is 8.42 Å². The zero-order valence-electron chi connectivity index (χ0n) is 16.1. The average molecular weight is 442 g/mol. The number of nitrogens with one attached hydrogen (secondary N) is 1. The Labute approximate surface area is 172 Å². The molecule has 0 aliphatic carbocycles. The second-order valence-corrected chi connectivity index (χ2v) is 9.08. The smallest absolute Gasteiger partial charge is 0.406 e. The lowest BCUT2D eigenvalue weighted by molar-refractivity contribution is -0.274. The minimum atomic E-state index is -4.80. The highest BCUT2D eigenvalue weighted by molar-refractivity contribution is 7.89. The minimum Gasteiger partial charge on any atom is -0.406 e. The summed E-state index contributed by atoms with van der Waals surface area (Å²) in [5.41, 5.74) is 0.366. The van der Waals surface area contributed by atoms with Gasteiger partial charge in [0.1, 0.15) is 5.75 Å². The molecule has 2 aromatic carbocycles. The third kappa shape index (κ3) is 5.51. The molecule has 3 rings (SSSR count). The topological polar surface area (TPSA) is 75.7 Å². The number of hydrogen-bond acceptors (Lipinski definition) is 4. The van der Waals surface area contributed by atoms with Crippen molar-refractivity contribution in [2.75, 3.05) is 18.4 Å². The van der Waals surface area contributed by atoms with E-state index in [-0.39, 0.29) is 16.1 Å². The summed E-state index contributed by atoms with van der Waals surface area (Å²) in [7, 11) is -3.71. The highest BCUT2D eigenvalue weighted by atomic mass is 32.2. The standard InChI is InChI=1S/C20H21F3N2O4S/c1-14-9-11-25(12-10-14)30(27,28)18-4-2-3-15(13-18)19(26)24-16-5-7-17(8-6-16)29-20(21,22)23/h2-8,13-14H,9-12H2,1H3,(H,24,26). The Morgan fingerprint density at radius 3 is 2.33 bits per heavy atom. The molecule has 1 aliphatic rings. The van der Waals surface area contributed by atoms with Crippen LogP contribution in [0, 0.1) is 5.92 Å². The number of ether oxygens (including phenoxy) is 1. The molecular weight excluding hydrogens is 421 g/mol. The minimum absolute atomic E-state index is 0.0265. The first-order valence-electron chi connectivity index (χ1n) is 9.32. The maximum atomic E-state index is 12.9. The van der Waals surface area contributed by atoms with Crippen molar-refractivity contribution in [2.45, 2.75) is 31.0 Å². The van der Waals surface area contributed by atoms with Gasteiger partial charge in [0, 0.05) is 24.3 Å². The fourth-order valence-corrected chi connectivity index (χ4v) is 4.63. The number of anilines is 1. The molecule has 6 nitrogen and oxygen atoms in total. The number of carbonyl (C=O) groups excluding carboxylic acids is 1. The van der Waals surface area contributed by atoms with Crippen LogP contribution in [0.2, 0.25) is 0 Å². The summed E-state index contributed by atoms with van der Waals surface area (Å²) in [6.07, 6.45) is -3.23. The van der Waals surface area contributed by atoms with Gasteiger partial charge in [0.25, 0.3) is 5.91 Å². The van der Waals surface area contributed by atoms with Crippen LogP contribution in [0.1, 0.15) is 30.1 Å². The van der Waals surface area contributed by atoms with E-state index in [4.69, 9.17) is 0 Å². The van der Waals surface area contributed by atoms with E-state index >= 15 is 0 Å². The number of amides is 1. The fraction of sp³-hybridized carbons (Fsp3) is 0.350. The number of hydrogen-bond donors (Lipinski definition) is 1. The number of alkyl halides is 3. The Morgan fingerprint density at radius 1 is 1.10 bits per heavy atom. The molecule has 1 amide bonds. The molecule has 0 spiro atoms. The summed E-state index contributed by atoms with van der Waals surface area (Å²) in [5, 5.41) is 2.53. The molecule has 1 N–H and O–H groups in total. The van der Waals surface area contributed by atoms with E-state index in [9.17, 15) is 26.4 Å². The Bertz CT molecular complexity index is 999. The van der Waals surface area contributed by atoms with Crippen molar-refractivity contribution in [2.24, 2.45) is 5.92 Å². The largest absolute Gasteiger partial charge is 0.573 e. The molecule has 10 heteroatoms. The van der Waals surface area contributed by atoms with Gasteiger partial charge in [-0.1, -0.05) is 13.0 Å². The number of rotatable bonds is 5. The van der Waals surface area contributed by atoms with Gasteiger partial charge in [-0.15, -0.1) is 13.2 Å². The lowest BCUT2D eigenvalue weighted by atomic mass is 10.0. The van der Waals surface area contributed by atoms with Crippen LogP contribution >= 0.6 is 0 Å². The van der Waals surface area contributed by atoms with Crippen LogP contribution in [0.3, 0.4) is 0 Å². The van der Waals surface area contributed by atoms with Crippen LogP contribution in [0.5, 0.6) is 5.75 Å². The number of nitrogens with zero attached hydrogens (tertiary/aromatic N) is 1. The molecule has 0 bridgehead atoms. The van der Waals surface area contributed by atoms with Crippen molar-refractivity contribution in [3.05, 3.63) is 54.1 Å². The third-order valence-electron chi connectivity index (χ3n) is 4.82. The molecule has 1 saturated heterocycles. The lowest BCUT2D eigenvalue weighted by Crippen LogP contribution is -2.37. The summed E-state index contributed by atoms with van der Waals surface area (Å²) < 4.78 is 67.6. The summed E-state index contributed by atoms with van der Waals surface area (Å²) in [4.78, 5) is 12.5. The number of piperidine rings is 1. The van der Waals surface area contributed by atoms with E-state index in [0.29, 0.717) is 19.0 Å². The maximum absolute atomic E-state index is 12.9. The Kier molecular flexibility index (Phi) is 6.37. The number of carbonyl (C=O) groups is 1. The molecule has 0 atom stereocenters. The van der Waals surface area contributed by atoms with Gasteiger partial charge in [0.2, 0.25) is 10.0 Å². The number of benzene rings is 2. The SMILES string of the molecule is CC1CCN(S(=O)(=O)c2cccc(C(=O)Nc3ccc(OC(F)(F)F)cc3)c2)CC1. The monoisotopic (exact) mass is 442 g/mol. The van der Waals surface area contributed by atoms with Crippen molar-refractivity contribution >= 4 is 21.6 Å². The predicted molar refractivity (Wildman–Crippen MR) is 105 cm³/mol.